The Morgan fingerprint density at radius 3 is 1.83 bits per heavy atom. The summed E-state index contributed by atoms with van der Waals surface area (Å²) >= 11 is 0. The molecule has 5 N–H and O–H groups in total. The van der Waals surface area contributed by atoms with Gasteiger partial charge < -0.3 is 26.6 Å². The number of unbranched alkanes of at least 4 members (excludes halogenated alkanes) is 1. The molecule has 0 spiro atoms. The summed E-state index contributed by atoms with van der Waals surface area (Å²) in [5.74, 6) is -0.0725. The summed E-state index contributed by atoms with van der Waals surface area (Å²) in [4.78, 5) is 67.6. The van der Waals surface area contributed by atoms with E-state index in [0.717, 1.165) is 68.9 Å². The highest BCUT2D eigenvalue weighted by atomic mass is 31.0. The summed E-state index contributed by atoms with van der Waals surface area (Å²) in [5, 5.41) is 13.7. The van der Waals surface area contributed by atoms with Crippen molar-refractivity contribution in [3.05, 3.63) is 71.8 Å². The van der Waals surface area contributed by atoms with E-state index < -0.39 is 6.04 Å². The van der Waals surface area contributed by atoms with Crippen LogP contribution in [0.3, 0.4) is 0 Å². The van der Waals surface area contributed by atoms with Gasteiger partial charge in [-0.25, -0.2) is 0 Å². The zero-order valence-corrected chi connectivity index (χ0v) is 39.0. The third kappa shape index (κ3) is 30.3. The molecule has 0 aliphatic heterocycles. The number of ketones is 1. The molecule has 0 bridgehead atoms. The second kappa shape index (κ2) is 41.7. The Balaban J connectivity index is -0.000000817. The first kappa shape index (κ1) is 58.9. The SMILES string of the molecule is CC.CC.CC.CCCC(NC=O)C(C)=O.CCCC[C@@H](C)NC(=O)C(NC(=O)Cc1ccccc1)C1CCCCC1.O=CNCC(=O)NC(/C=N/P)c1ccccc1. The molecule has 4 unspecified atom stereocenters. The van der Waals surface area contributed by atoms with E-state index in [1.54, 1.807) is 6.21 Å². The summed E-state index contributed by atoms with van der Waals surface area (Å²) < 4.78 is 3.83. The van der Waals surface area contributed by atoms with Crippen molar-refractivity contribution in [2.75, 3.05) is 6.54 Å². The normalized spacial score (nSPS) is 13.5. The second-order valence-corrected chi connectivity index (χ2v) is 13.4. The molecule has 2 aromatic rings. The van der Waals surface area contributed by atoms with Gasteiger partial charge in [0, 0.05) is 12.3 Å². The number of rotatable bonds is 20. The highest BCUT2D eigenvalue weighted by Gasteiger charge is 2.31. The summed E-state index contributed by atoms with van der Waals surface area (Å²) in [6.07, 6.45) is 13.4. The van der Waals surface area contributed by atoms with E-state index in [-0.39, 0.29) is 54.1 Å². The monoisotopic (exact) mass is 843 g/mol. The molecule has 1 saturated carbocycles. The van der Waals surface area contributed by atoms with Crippen molar-refractivity contribution in [3.63, 3.8) is 0 Å². The first-order valence-electron chi connectivity index (χ1n) is 21.7. The zero-order valence-electron chi connectivity index (χ0n) is 37.9. The van der Waals surface area contributed by atoms with E-state index in [1.807, 2.05) is 109 Å². The van der Waals surface area contributed by atoms with Crippen molar-refractivity contribution < 1.29 is 28.8 Å². The van der Waals surface area contributed by atoms with Gasteiger partial charge in [0.25, 0.3) is 0 Å². The number of carbonyl (C=O) groups is 6. The number of hydrogen-bond acceptors (Lipinski definition) is 7. The average Bonchev–Trinajstić information content (AvgIpc) is 3.27. The van der Waals surface area contributed by atoms with Gasteiger partial charge in [-0.15, -0.1) is 0 Å². The molecule has 1 aliphatic rings. The van der Waals surface area contributed by atoms with E-state index in [1.165, 1.54) is 13.3 Å². The van der Waals surface area contributed by atoms with Crippen LogP contribution >= 0.6 is 9.39 Å². The third-order valence-electron chi connectivity index (χ3n) is 8.70. The average molecular weight is 843 g/mol. The van der Waals surface area contributed by atoms with Crippen molar-refractivity contribution in [2.45, 2.75) is 164 Å². The predicted molar refractivity (Wildman–Crippen MR) is 248 cm³/mol. The molecule has 0 radical (unpaired) electrons. The summed E-state index contributed by atoms with van der Waals surface area (Å²) in [6.45, 7) is 19.6. The van der Waals surface area contributed by atoms with Crippen LogP contribution in [0.5, 0.6) is 0 Å². The van der Waals surface area contributed by atoms with Crippen molar-refractivity contribution in [3.8, 4) is 0 Å². The fourth-order valence-corrected chi connectivity index (χ4v) is 6.04. The van der Waals surface area contributed by atoms with Gasteiger partial charge in [-0.1, -0.05) is 155 Å². The van der Waals surface area contributed by atoms with Gasteiger partial charge in [0.1, 0.15) is 6.04 Å². The van der Waals surface area contributed by atoms with E-state index in [2.05, 4.69) is 54.6 Å². The number of benzene rings is 2. The van der Waals surface area contributed by atoms with Crippen LogP contribution in [-0.4, -0.2) is 67.2 Å². The van der Waals surface area contributed by atoms with Gasteiger partial charge in [-0.2, -0.15) is 0 Å². The Bertz CT molecular complexity index is 1380. The molecule has 0 heterocycles. The van der Waals surface area contributed by atoms with Crippen LogP contribution in [0.2, 0.25) is 0 Å². The molecular formula is C46H79N6O6P. The van der Waals surface area contributed by atoms with Gasteiger partial charge in [-0.05, 0) is 66.0 Å². The fourth-order valence-electron chi connectivity index (χ4n) is 5.87. The molecule has 59 heavy (non-hydrogen) atoms. The highest BCUT2D eigenvalue weighted by Crippen LogP contribution is 2.27. The van der Waals surface area contributed by atoms with Crippen molar-refractivity contribution in [1.82, 2.24) is 26.6 Å². The van der Waals surface area contributed by atoms with Gasteiger partial charge in [0.2, 0.25) is 30.5 Å². The maximum atomic E-state index is 12.9. The number of nitrogens with zero attached hydrogens (tertiary/aromatic N) is 1. The van der Waals surface area contributed by atoms with Gasteiger partial charge in [0.15, 0.2) is 5.78 Å². The third-order valence-corrected chi connectivity index (χ3v) is 8.87. The number of amides is 5. The van der Waals surface area contributed by atoms with E-state index in [9.17, 15) is 28.8 Å². The first-order chi connectivity index (χ1) is 28.6. The Morgan fingerprint density at radius 1 is 0.763 bits per heavy atom. The topological polar surface area (TPSA) is 175 Å². The van der Waals surface area contributed by atoms with Crippen LogP contribution in [0.25, 0.3) is 0 Å². The molecule has 13 heteroatoms. The lowest BCUT2D eigenvalue weighted by Gasteiger charge is -2.31. The van der Waals surface area contributed by atoms with Gasteiger partial charge >= 0.3 is 0 Å². The minimum Gasteiger partial charge on any atom is -0.352 e. The molecule has 5 atom stereocenters. The minimum atomic E-state index is -0.407. The second-order valence-electron chi connectivity index (χ2n) is 13.1. The Labute approximate surface area is 359 Å². The van der Waals surface area contributed by atoms with Crippen molar-refractivity contribution in [2.24, 2.45) is 10.7 Å². The molecule has 3 rings (SSSR count). The van der Waals surface area contributed by atoms with Crippen LogP contribution in [0.15, 0.2) is 65.4 Å². The lowest BCUT2D eigenvalue weighted by molar-refractivity contribution is -0.130. The molecule has 5 amide bonds. The van der Waals surface area contributed by atoms with Crippen LogP contribution < -0.4 is 26.6 Å². The van der Waals surface area contributed by atoms with Crippen LogP contribution in [-0.2, 0) is 35.2 Å². The number of nitrogens with one attached hydrogen (secondary N) is 5. The number of carbonyl (C=O) groups excluding carboxylic acids is 6. The maximum Gasteiger partial charge on any atom is 0.243 e. The molecule has 0 aromatic heterocycles. The van der Waals surface area contributed by atoms with E-state index >= 15 is 0 Å². The lowest BCUT2D eigenvalue weighted by Crippen LogP contribution is -2.53. The van der Waals surface area contributed by atoms with Crippen LogP contribution in [0.1, 0.15) is 151 Å². The van der Waals surface area contributed by atoms with Crippen LogP contribution in [0.4, 0.5) is 0 Å². The molecular weight excluding hydrogens is 764 g/mol. The molecule has 1 aliphatic carbocycles. The molecule has 12 nitrogen and oxygen atoms in total. The largest absolute Gasteiger partial charge is 0.352 e. The lowest BCUT2D eigenvalue weighted by atomic mass is 9.83. The van der Waals surface area contributed by atoms with E-state index in [0.29, 0.717) is 19.2 Å². The number of Topliss-reactive ketones (excluding diaryl/α,β-unsaturated/α-hetero) is 1. The molecule has 0 saturated heterocycles. The predicted octanol–water partition coefficient (Wildman–Crippen LogP) is 8.01. The smallest absolute Gasteiger partial charge is 0.243 e. The number of hydrogen-bond donors (Lipinski definition) is 5. The summed E-state index contributed by atoms with van der Waals surface area (Å²) in [5.41, 5.74) is 1.90. The quantitative estimate of drug-likeness (QED) is 0.0513. The Hall–Kier alpha value is -4.44. The summed E-state index contributed by atoms with van der Waals surface area (Å²) in [7, 11) is 2.22. The molecule has 2 aromatic carbocycles. The van der Waals surface area contributed by atoms with Gasteiger partial charge in [0.05, 0.1) is 25.0 Å². The van der Waals surface area contributed by atoms with Crippen molar-refractivity contribution in [1.29, 1.82) is 0 Å². The zero-order chi connectivity index (χ0) is 45.3. The van der Waals surface area contributed by atoms with Crippen molar-refractivity contribution >= 4 is 51.9 Å². The fraction of sp³-hybridized carbons (Fsp3) is 0.587. The first-order valence-corrected chi connectivity index (χ1v) is 22.2. The Morgan fingerprint density at radius 2 is 1.34 bits per heavy atom. The Kier molecular flexibility index (Phi) is 41.6. The van der Waals surface area contributed by atoms with Crippen LogP contribution in [0, 0.1) is 5.92 Å². The standard InChI is InChI=1S/C22H34N2O2.C11H14N3O2P.C7H13NO2.3C2H6/c1-3-4-11-17(2)23-22(26)21(19-14-9-6-10-15-19)24-20(25)16-18-12-7-5-8-13-18;15-8-12-7-11(16)14-10(6-13-17)9-4-2-1-3-5-9;1-3-4-7(6(2)10)8-5-9;3*1-2/h5,7-8,12-13,17,19,21H,3-4,6,9-11,14-16H2,1-2H3,(H,23,26)(H,24,25);1-6,8,10H,7,17H2,(H,12,15)(H,14,16);5,7H,3-4H2,1-2H3,(H,8,9);3*1-2H3/b;13-6+;;;;/t17-,21?;;;;;/m1...../s1. The molecule has 1 fully saturated rings. The summed E-state index contributed by atoms with van der Waals surface area (Å²) in [6, 6.07) is 18.3. The maximum absolute atomic E-state index is 12.9. The molecule has 334 valence electrons. The minimum absolute atomic E-state index is 0.0121. The van der Waals surface area contributed by atoms with Gasteiger partial charge in [-0.3, -0.25) is 33.5 Å². The highest BCUT2D eigenvalue weighted by molar-refractivity contribution is 7.14. The van der Waals surface area contributed by atoms with E-state index in [4.69, 9.17) is 0 Å².